The molecule has 0 N–H and O–H groups in total. The van der Waals surface area contributed by atoms with Gasteiger partial charge >= 0.3 is 6.18 Å². The van der Waals surface area contributed by atoms with Gasteiger partial charge in [0, 0.05) is 42.6 Å². The molecule has 4 nitrogen and oxygen atoms in total. The van der Waals surface area contributed by atoms with Crippen molar-refractivity contribution < 1.29 is 22.8 Å². The molecule has 0 atom stereocenters. The molecule has 0 unspecified atom stereocenters. The van der Waals surface area contributed by atoms with Crippen LogP contribution in [0.5, 0.6) is 0 Å². The number of thiazole rings is 1. The maximum atomic E-state index is 12.8. The Labute approximate surface area is 148 Å². The minimum absolute atomic E-state index is 0.0223. The van der Waals surface area contributed by atoms with Gasteiger partial charge in [-0.05, 0) is 25.7 Å². The predicted molar refractivity (Wildman–Crippen MR) is 87.3 cm³/mol. The third-order valence-electron chi connectivity index (χ3n) is 5.37. The van der Waals surface area contributed by atoms with Crippen molar-refractivity contribution in [3.63, 3.8) is 0 Å². The molecule has 1 saturated carbocycles. The SMILES string of the molecule is CC1(C(=O)N2CCC(c3nc(C(F)(F)F)cs3)CC2)CCC(=O)CC1. The summed E-state index contributed by atoms with van der Waals surface area (Å²) in [5, 5.41) is 1.57. The van der Waals surface area contributed by atoms with E-state index in [0.717, 1.165) is 16.7 Å². The number of aromatic nitrogens is 1. The molecule has 8 heteroatoms. The maximum absolute atomic E-state index is 12.8. The maximum Gasteiger partial charge on any atom is 0.434 e. The van der Waals surface area contributed by atoms with Gasteiger partial charge in [0.1, 0.15) is 5.78 Å². The lowest BCUT2D eigenvalue weighted by molar-refractivity contribution is -0.145. The van der Waals surface area contributed by atoms with Crippen molar-refractivity contribution in [2.75, 3.05) is 13.1 Å². The Hall–Kier alpha value is -1.44. The molecule has 2 aliphatic rings. The van der Waals surface area contributed by atoms with Gasteiger partial charge in [0.2, 0.25) is 5.91 Å². The van der Waals surface area contributed by atoms with Gasteiger partial charge in [-0.2, -0.15) is 13.2 Å². The lowest BCUT2D eigenvalue weighted by atomic mass is 9.74. The topological polar surface area (TPSA) is 50.3 Å². The summed E-state index contributed by atoms with van der Waals surface area (Å²) in [5.41, 5.74) is -1.31. The Balaban J connectivity index is 1.59. The smallest absolute Gasteiger partial charge is 0.342 e. The normalized spacial score (nSPS) is 22.2. The Bertz CT molecular complexity index is 653. The second-order valence-corrected chi connectivity index (χ2v) is 8.12. The third-order valence-corrected chi connectivity index (χ3v) is 6.38. The van der Waals surface area contributed by atoms with Crippen LogP contribution in [0, 0.1) is 5.41 Å². The van der Waals surface area contributed by atoms with Gasteiger partial charge in [-0.1, -0.05) is 6.92 Å². The van der Waals surface area contributed by atoms with Crippen LogP contribution in [-0.4, -0.2) is 34.7 Å². The quantitative estimate of drug-likeness (QED) is 0.786. The highest BCUT2D eigenvalue weighted by molar-refractivity contribution is 7.09. The van der Waals surface area contributed by atoms with Crippen molar-refractivity contribution in [2.24, 2.45) is 5.41 Å². The molecular weight excluding hydrogens is 353 g/mol. The molecule has 0 radical (unpaired) electrons. The molecule has 2 fully saturated rings. The second kappa shape index (κ2) is 6.70. The first-order chi connectivity index (χ1) is 11.7. The van der Waals surface area contributed by atoms with E-state index in [1.807, 2.05) is 11.8 Å². The number of hydrogen-bond donors (Lipinski definition) is 0. The fourth-order valence-corrected chi connectivity index (χ4v) is 4.61. The molecule has 0 aromatic carbocycles. The summed E-state index contributed by atoms with van der Waals surface area (Å²) in [5.74, 6) is 0.271. The minimum Gasteiger partial charge on any atom is -0.342 e. The Morgan fingerprint density at radius 3 is 2.40 bits per heavy atom. The second-order valence-electron chi connectivity index (χ2n) is 7.23. The average Bonchev–Trinajstić information content (AvgIpc) is 3.08. The number of ketones is 1. The zero-order valence-corrected chi connectivity index (χ0v) is 14.9. The van der Waals surface area contributed by atoms with E-state index in [0.29, 0.717) is 56.6 Å². The highest BCUT2D eigenvalue weighted by atomic mass is 32.1. The number of piperidine rings is 1. The van der Waals surface area contributed by atoms with E-state index in [4.69, 9.17) is 0 Å². The van der Waals surface area contributed by atoms with Crippen LogP contribution in [0.1, 0.15) is 62.1 Å². The zero-order chi connectivity index (χ0) is 18.2. The molecule has 25 heavy (non-hydrogen) atoms. The molecule has 0 spiro atoms. The molecule has 1 aliphatic heterocycles. The summed E-state index contributed by atoms with van der Waals surface area (Å²) in [6.45, 7) is 2.99. The van der Waals surface area contributed by atoms with Crippen molar-refractivity contribution in [3.05, 3.63) is 16.1 Å². The number of likely N-dealkylation sites (tertiary alicyclic amines) is 1. The number of carbonyl (C=O) groups excluding carboxylic acids is 2. The number of rotatable bonds is 2. The van der Waals surface area contributed by atoms with E-state index in [2.05, 4.69) is 4.98 Å². The average molecular weight is 374 g/mol. The van der Waals surface area contributed by atoms with Crippen molar-refractivity contribution >= 4 is 23.0 Å². The van der Waals surface area contributed by atoms with Gasteiger partial charge < -0.3 is 4.90 Å². The van der Waals surface area contributed by atoms with Crippen molar-refractivity contribution in [1.29, 1.82) is 0 Å². The summed E-state index contributed by atoms with van der Waals surface area (Å²) in [6.07, 6.45) is -1.05. The lowest BCUT2D eigenvalue weighted by Gasteiger charge is -2.39. The van der Waals surface area contributed by atoms with Crippen LogP contribution in [0.2, 0.25) is 0 Å². The summed E-state index contributed by atoms with van der Waals surface area (Å²) in [6, 6.07) is 0. The van der Waals surface area contributed by atoms with E-state index >= 15 is 0 Å². The molecule has 1 saturated heterocycles. The number of Topliss-reactive ketones (excluding diaryl/α,β-unsaturated/α-hetero) is 1. The van der Waals surface area contributed by atoms with Gasteiger partial charge in [-0.15, -0.1) is 11.3 Å². The van der Waals surface area contributed by atoms with Crippen molar-refractivity contribution in [2.45, 2.75) is 57.5 Å². The molecule has 1 aliphatic carbocycles. The number of hydrogen-bond acceptors (Lipinski definition) is 4. The van der Waals surface area contributed by atoms with Crippen LogP contribution in [0.25, 0.3) is 0 Å². The summed E-state index contributed by atoms with van der Waals surface area (Å²) in [7, 11) is 0. The first-order valence-corrected chi connectivity index (χ1v) is 9.41. The van der Waals surface area contributed by atoms with Crippen molar-refractivity contribution in [1.82, 2.24) is 9.88 Å². The van der Waals surface area contributed by atoms with Crippen molar-refractivity contribution in [3.8, 4) is 0 Å². The molecule has 1 amide bonds. The highest BCUT2D eigenvalue weighted by Crippen LogP contribution is 2.39. The number of amides is 1. The lowest BCUT2D eigenvalue weighted by Crippen LogP contribution is -2.47. The summed E-state index contributed by atoms with van der Waals surface area (Å²) in [4.78, 5) is 29.8. The van der Waals surface area contributed by atoms with Crippen LogP contribution >= 0.6 is 11.3 Å². The van der Waals surface area contributed by atoms with Crippen LogP contribution in [0.4, 0.5) is 13.2 Å². The molecule has 1 aromatic heterocycles. The third kappa shape index (κ3) is 3.88. The van der Waals surface area contributed by atoms with Gasteiger partial charge in [-0.3, -0.25) is 9.59 Å². The molecule has 138 valence electrons. The Morgan fingerprint density at radius 2 is 1.88 bits per heavy atom. The van der Waals surface area contributed by atoms with E-state index in [9.17, 15) is 22.8 Å². The fraction of sp³-hybridized carbons (Fsp3) is 0.706. The van der Waals surface area contributed by atoms with Gasteiger partial charge in [0.05, 0.1) is 5.01 Å². The predicted octanol–water partition coefficient (Wildman–Crippen LogP) is 4.02. The number of alkyl halides is 3. The Kier molecular flexibility index (Phi) is 4.92. The summed E-state index contributed by atoms with van der Waals surface area (Å²) >= 11 is 1.05. The highest BCUT2D eigenvalue weighted by Gasteiger charge is 2.41. The van der Waals surface area contributed by atoms with E-state index in [1.54, 1.807) is 0 Å². The minimum atomic E-state index is -4.40. The van der Waals surface area contributed by atoms with Gasteiger partial charge in [0.25, 0.3) is 0 Å². The van der Waals surface area contributed by atoms with Gasteiger partial charge in [-0.25, -0.2) is 4.98 Å². The summed E-state index contributed by atoms with van der Waals surface area (Å²) < 4.78 is 38.0. The zero-order valence-electron chi connectivity index (χ0n) is 14.1. The van der Waals surface area contributed by atoms with Crippen LogP contribution in [-0.2, 0) is 15.8 Å². The van der Waals surface area contributed by atoms with E-state index in [-0.39, 0.29) is 17.6 Å². The molecule has 3 rings (SSSR count). The monoisotopic (exact) mass is 374 g/mol. The van der Waals surface area contributed by atoms with E-state index in [1.165, 1.54) is 0 Å². The fourth-order valence-electron chi connectivity index (χ4n) is 3.61. The molecule has 0 bridgehead atoms. The van der Waals surface area contributed by atoms with Crippen LogP contribution in [0.15, 0.2) is 5.38 Å². The first-order valence-electron chi connectivity index (χ1n) is 8.53. The number of carbonyl (C=O) groups is 2. The van der Waals surface area contributed by atoms with Crippen LogP contribution < -0.4 is 0 Å². The van der Waals surface area contributed by atoms with Crippen LogP contribution in [0.3, 0.4) is 0 Å². The van der Waals surface area contributed by atoms with Gasteiger partial charge in [0.15, 0.2) is 5.69 Å². The number of nitrogens with zero attached hydrogens (tertiary/aromatic N) is 2. The largest absolute Gasteiger partial charge is 0.434 e. The molecule has 1 aromatic rings. The molecular formula is C17H21F3N2O2S. The van der Waals surface area contributed by atoms with E-state index < -0.39 is 17.3 Å². The number of halogens is 3. The standard InChI is InChI=1S/C17H21F3N2O2S/c1-16(6-2-12(23)3-7-16)15(24)22-8-4-11(5-9-22)14-21-13(10-25-14)17(18,19)20/h10-11H,2-9H2,1H3. The molecule has 2 heterocycles. The first kappa shape index (κ1) is 18.4. The Morgan fingerprint density at radius 1 is 1.28 bits per heavy atom.